The lowest BCUT2D eigenvalue weighted by Crippen LogP contribution is -2.57. The number of rotatable bonds is 6. The maximum absolute atomic E-state index is 12.5. The number of amides is 1. The monoisotopic (exact) mass is 317 g/mol. The van der Waals surface area contributed by atoms with Crippen LogP contribution in [0, 0.1) is 5.92 Å². The third kappa shape index (κ3) is 3.03. The summed E-state index contributed by atoms with van der Waals surface area (Å²) in [4.78, 5) is 12.5. The number of quaternary nitrogens is 1. The third-order valence-corrected chi connectivity index (χ3v) is 6.62. The number of carbonyl (C=O) groups excluding carboxylic acids is 1. The fourth-order valence-corrected chi connectivity index (χ4v) is 4.32. The first-order valence-electron chi connectivity index (χ1n) is 8.86. The number of nitrogens with zero attached hydrogens (tertiary/aromatic N) is 1. The summed E-state index contributed by atoms with van der Waals surface area (Å²) >= 11 is 0. The predicted octanol–water partition coefficient (Wildman–Crippen LogP) is 3.47. The minimum atomic E-state index is -0.582. The highest BCUT2D eigenvalue weighted by Gasteiger charge is 2.48. The minimum Gasteiger partial charge on any atom is -0.369 e. The molecule has 0 aromatic heterocycles. The van der Waals surface area contributed by atoms with Gasteiger partial charge in [-0.1, -0.05) is 44.2 Å². The maximum Gasteiger partial charge on any atom is 0.228 e. The van der Waals surface area contributed by atoms with Gasteiger partial charge >= 0.3 is 0 Å². The van der Waals surface area contributed by atoms with E-state index in [1.165, 1.54) is 19.4 Å². The summed E-state index contributed by atoms with van der Waals surface area (Å²) < 4.78 is 1.03. The Morgan fingerprint density at radius 3 is 2.35 bits per heavy atom. The first kappa shape index (κ1) is 18.0. The fourth-order valence-electron chi connectivity index (χ4n) is 4.32. The van der Waals surface area contributed by atoms with Crippen LogP contribution in [0.5, 0.6) is 0 Å². The van der Waals surface area contributed by atoms with E-state index in [9.17, 15) is 4.79 Å². The van der Waals surface area contributed by atoms with Gasteiger partial charge in [0.25, 0.3) is 0 Å². The molecule has 1 saturated heterocycles. The molecule has 1 fully saturated rings. The Labute approximate surface area is 141 Å². The SMILES string of the molecule is CC(C)C(CC[N+]1(C)CCCC1(C)C)(C(N)=O)c1ccccc1. The van der Waals surface area contributed by atoms with Gasteiger partial charge in [-0.3, -0.25) is 4.79 Å². The molecule has 2 N–H and O–H groups in total. The van der Waals surface area contributed by atoms with E-state index in [1.54, 1.807) is 0 Å². The lowest BCUT2D eigenvalue weighted by atomic mass is 9.68. The number of likely N-dealkylation sites (tertiary alicyclic amines) is 1. The van der Waals surface area contributed by atoms with E-state index in [0.717, 1.165) is 23.0 Å². The van der Waals surface area contributed by atoms with Crippen LogP contribution in [0.4, 0.5) is 0 Å². The van der Waals surface area contributed by atoms with Gasteiger partial charge in [0.1, 0.15) is 0 Å². The van der Waals surface area contributed by atoms with Crippen LogP contribution in [0.3, 0.4) is 0 Å². The molecule has 0 bridgehead atoms. The average molecular weight is 317 g/mol. The molecule has 1 aliphatic heterocycles. The number of nitrogens with two attached hydrogens (primary N) is 1. The molecule has 0 spiro atoms. The van der Waals surface area contributed by atoms with Crippen LogP contribution in [0.2, 0.25) is 0 Å². The normalized spacial score (nSPS) is 26.2. The smallest absolute Gasteiger partial charge is 0.228 e. The summed E-state index contributed by atoms with van der Waals surface area (Å²) in [5.41, 5.74) is 6.71. The first-order valence-corrected chi connectivity index (χ1v) is 8.86. The van der Waals surface area contributed by atoms with Crippen LogP contribution in [-0.2, 0) is 10.2 Å². The molecule has 1 heterocycles. The highest BCUT2D eigenvalue weighted by atomic mass is 16.1. The number of primary amides is 1. The van der Waals surface area contributed by atoms with Crippen molar-refractivity contribution >= 4 is 5.91 Å². The second-order valence-corrected chi connectivity index (χ2v) is 8.37. The van der Waals surface area contributed by atoms with Crippen molar-refractivity contribution in [1.29, 1.82) is 0 Å². The van der Waals surface area contributed by atoms with Crippen molar-refractivity contribution in [3.8, 4) is 0 Å². The van der Waals surface area contributed by atoms with Crippen LogP contribution in [0.1, 0.15) is 52.5 Å². The molecule has 2 unspecified atom stereocenters. The largest absolute Gasteiger partial charge is 0.369 e. The molecule has 0 aliphatic carbocycles. The van der Waals surface area contributed by atoms with Crippen molar-refractivity contribution in [3.05, 3.63) is 35.9 Å². The summed E-state index contributed by atoms with van der Waals surface area (Å²) in [7, 11) is 2.34. The molecular formula is C20H33N2O+. The van der Waals surface area contributed by atoms with Crippen molar-refractivity contribution in [2.75, 3.05) is 20.1 Å². The van der Waals surface area contributed by atoms with E-state index in [1.807, 2.05) is 18.2 Å². The lowest BCUT2D eigenvalue weighted by Gasteiger charge is -2.45. The lowest BCUT2D eigenvalue weighted by molar-refractivity contribution is -0.943. The second-order valence-electron chi connectivity index (χ2n) is 8.37. The number of hydrogen-bond donors (Lipinski definition) is 1. The number of benzene rings is 1. The van der Waals surface area contributed by atoms with Crippen molar-refractivity contribution in [2.45, 2.75) is 57.9 Å². The molecule has 1 amide bonds. The molecule has 3 heteroatoms. The Bertz CT molecular complexity index is 552. The maximum atomic E-state index is 12.5. The summed E-state index contributed by atoms with van der Waals surface area (Å²) in [6, 6.07) is 10.1. The summed E-state index contributed by atoms with van der Waals surface area (Å²) in [6.45, 7) is 11.1. The second kappa shape index (κ2) is 6.27. The molecule has 0 radical (unpaired) electrons. The van der Waals surface area contributed by atoms with Crippen LogP contribution >= 0.6 is 0 Å². The molecule has 0 saturated carbocycles. The van der Waals surface area contributed by atoms with Gasteiger partial charge in [-0.05, 0) is 25.3 Å². The van der Waals surface area contributed by atoms with Gasteiger partial charge in [0.2, 0.25) is 5.91 Å². The summed E-state index contributed by atoms with van der Waals surface area (Å²) in [6.07, 6.45) is 3.32. The van der Waals surface area contributed by atoms with Crippen LogP contribution in [-0.4, -0.2) is 36.1 Å². The Balaban J connectivity index is 2.35. The first-order chi connectivity index (χ1) is 10.7. The molecule has 1 aromatic carbocycles. The van der Waals surface area contributed by atoms with Crippen LogP contribution in [0.25, 0.3) is 0 Å². The van der Waals surface area contributed by atoms with Gasteiger partial charge in [0.05, 0.1) is 31.1 Å². The van der Waals surface area contributed by atoms with E-state index in [2.05, 4.69) is 46.9 Å². The zero-order valence-corrected chi connectivity index (χ0v) is 15.4. The Morgan fingerprint density at radius 1 is 1.30 bits per heavy atom. The minimum absolute atomic E-state index is 0.180. The van der Waals surface area contributed by atoms with E-state index in [0.29, 0.717) is 0 Å². The molecule has 1 aromatic rings. The zero-order valence-electron chi connectivity index (χ0n) is 15.4. The molecule has 2 atom stereocenters. The van der Waals surface area contributed by atoms with Gasteiger partial charge < -0.3 is 10.2 Å². The molecule has 2 rings (SSSR count). The molecule has 1 aliphatic rings. The molecule has 128 valence electrons. The van der Waals surface area contributed by atoms with Crippen LogP contribution < -0.4 is 5.73 Å². The summed E-state index contributed by atoms with van der Waals surface area (Å²) in [5.74, 6) is -0.0120. The Morgan fingerprint density at radius 2 is 1.91 bits per heavy atom. The molecule has 23 heavy (non-hydrogen) atoms. The summed E-state index contributed by atoms with van der Waals surface area (Å²) in [5, 5.41) is 0. The average Bonchev–Trinajstić information content (AvgIpc) is 2.74. The fraction of sp³-hybridized carbons (Fsp3) is 0.650. The van der Waals surface area contributed by atoms with Gasteiger partial charge in [-0.15, -0.1) is 0 Å². The Hall–Kier alpha value is -1.35. The van der Waals surface area contributed by atoms with Crippen molar-refractivity contribution in [1.82, 2.24) is 0 Å². The molecular weight excluding hydrogens is 284 g/mol. The quantitative estimate of drug-likeness (QED) is 0.802. The van der Waals surface area contributed by atoms with Gasteiger partial charge in [-0.2, -0.15) is 0 Å². The topological polar surface area (TPSA) is 43.1 Å². The highest BCUT2D eigenvalue weighted by molar-refractivity contribution is 5.87. The van der Waals surface area contributed by atoms with E-state index < -0.39 is 5.41 Å². The Kier molecular flexibility index (Phi) is 4.91. The standard InChI is InChI=1S/C20H32N2O/c1-16(2)20(18(21)23,17-10-7-6-8-11-17)13-15-22(5)14-9-12-19(22,3)4/h6-8,10-11,16H,9,12-15H2,1-5H3,(H-,21,23)/p+1. The zero-order chi connectivity index (χ0) is 17.3. The van der Waals surface area contributed by atoms with E-state index in [-0.39, 0.29) is 17.4 Å². The van der Waals surface area contributed by atoms with Crippen molar-refractivity contribution in [2.24, 2.45) is 11.7 Å². The van der Waals surface area contributed by atoms with E-state index >= 15 is 0 Å². The number of carbonyl (C=O) groups is 1. The molecule has 3 nitrogen and oxygen atoms in total. The predicted molar refractivity (Wildman–Crippen MR) is 96.0 cm³/mol. The third-order valence-electron chi connectivity index (χ3n) is 6.62. The van der Waals surface area contributed by atoms with Gasteiger partial charge in [0.15, 0.2) is 0 Å². The van der Waals surface area contributed by atoms with Gasteiger partial charge in [-0.25, -0.2) is 0 Å². The van der Waals surface area contributed by atoms with Gasteiger partial charge in [0, 0.05) is 19.3 Å². The van der Waals surface area contributed by atoms with Crippen molar-refractivity contribution in [3.63, 3.8) is 0 Å². The van der Waals surface area contributed by atoms with Crippen LogP contribution in [0.15, 0.2) is 30.3 Å². The van der Waals surface area contributed by atoms with E-state index in [4.69, 9.17) is 5.73 Å². The van der Waals surface area contributed by atoms with Crippen molar-refractivity contribution < 1.29 is 9.28 Å². The number of hydrogen-bond acceptors (Lipinski definition) is 1. The highest BCUT2D eigenvalue weighted by Crippen LogP contribution is 2.40.